The summed E-state index contributed by atoms with van der Waals surface area (Å²) in [5, 5.41) is 3.32. The molecule has 1 rings (SSSR count). The number of hydrogen-bond donors (Lipinski definition) is 1. The summed E-state index contributed by atoms with van der Waals surface area (Å²) in [5.41, 5.74) is 0.887. The molecule has 2 nitrogen and oxygen atoms in total. The molecule has 0 amide bonds. The zero-order valence-corrected chi connectivity index (χ0v) is 8.92. The van der Waals surface area contributed by atoms with Crippen LogP contribution in [-0.4, -0.2) is 11.0 Å². The Morgan fingerprint density at radius 2 is 2.07 bits per heavy atom. The molecule has 1 unspecified atom stereocenters. The lowest BCUT2D eigenvalue weighted by atomic mass is 10.1. The number of pyridine rings is 1. The van der Waals surface area contributed by atoms with Crippen LogP contribution in [-0.2, 0) is 6.54 Å². The first-order valence-corrected chi connectivity index (χ1v) is 4.92. The fourth-order valence-corrected chi connectivity index (χ4v) is 1.07. The van der Waals surface area contributed by atoms with Crippen LogP contribution in [0.2, 0.25) is 0 Å². The summed E-state index contributed by atoms with van der Waals surface area (Å²) in [6.07, 6.45) is 2.90. The first-order chi connectivity index (χ1) is 6.59. The summed E-state index contributed by atoms with van der Waals surface area (Å²) in [7, 11) is 0. The number of aromatic nitrogens is 1. The number of halogens is 1. The van der Waals surface area contributed by atoms with Crippen molar-refractivity contribution in [2.75, 3.05) is 0 Å². The van der Waals surface area contributed by atoms with Gasteiger partial charge < -0.3 is 5.32 Å². The molecule has 0 fully saturated rings. The second-order valence-corrected chi connectivity index (χ2v) is 3.93. The van der Waals surface area contributed by atoms with Gasteiger partial charge in [-0.3, -0.25) is 4.98 Å². The van der Waals surface area contributed by atoms with Crippen molar-refractivity contribution in [3.05, 3.63) is 29.8 Å². The molecule has 14 heavy (non-hydrogen) atoms. The third-order valence-electron chi connectivity index (χ3n) is 2.39. The fraction of sp³-hybridized carbons (Fsp3) is 0.545. The van der Waals surface area contributed by atoms with E-state index in [4.69, 9.17) is 0 Å². The van der Waals surface area contributed by atoms with Crippen LogP contribution in [0.5, 0.6) is 0 Å². The molecule has 0 aliphatic carbocycles. The monoisotopic (exact) mass is 196 g/mol. The molecule has 0 spiro atoms. The van der Waals surface area contributed by atoms with Crippen LogP contribution in [0.15, 0.2) is 18.5 Å². The number of nitrogens with zero attached hydrogens (tertiary/aromatic N) is 1. The summed E-state index contributed by atoms with van der Waals surface area (Å²) < 4.78 is 12.8. The van der Waals surface area contributed by atoms with Crippen molar-refractivity contribution in [3.63, 3.8) is 0 Å². The lowest BCUT2D eigenvalue weighted by Gasteiger charge is -2.17. The van der Waals surface area contributed by atoms with Crippen molar-refractivity contribution in [3.8, 4) is 0 Å². The molecule has 1 atom stereocenters. The first kappa shape index (κ1) is 11.1. The average Bonchev–Trinajstić information content (AvgIpc) is 2.14. The number of hydrogen-bond acceptors (Lipinski definition) is 2. The molecule has 78 valence electrons. The number of nitrogens with one attached hydrogen (secondary N) is 1. The fourth-order valence-electron chi connectivity index (χ4n) is 1.07. The zero-order valence-electron chi connectivity index (χ0n) is 8.92. The first-order valence-electron chi connectivity index (χ1n) is 4.92. The summed E-state index contributed by atoms with van der Waals surface area (Å²) in [6, 6.07) is 1.94. The molecule has 1 N–H and O–H groups in total. The minimum absolute atomic E-state index is 0.276. The van der Waals surface area contributed by atoms with Crippen LogP contribution >= 0.6 is 0 Å². The SMILES string of the molecule is CC(C)C(C)NCc1cncc(F)c1. The van der Waals surface area contributed by atoms with Crippen molar-refractivity contribution in [1.29, 1.82) is 0 Å². The Labute approximate surface area is 84.6 Å². The van der Waals surface area contributed by atoms with Gasteiger partial charge in [0, 0.05) is 18.8 Å². The van der Waals surface area contributed by atoms with Crippen molar-refractivity contribution < 1.29 is 4.39 Å². The van der Waals surface area contributed by atoms with Gasteiger partial charge in [0.25, 0.3) is 0 Å². The van der Waals surface area contributed by atoms with Crippen LogP contribution in [0.1, 0.15) is 26.3 Å². The van der Waals surface area contributed by atoms with Crippen molar-refractivity contribution >= 4 is 0 Å². The molecular weight excluding hydrogens is 179 g/mol. The highest BCUT2D eigenvalue weighted by atomic mass is 19.1. The molecule has 0 aliphatic heterocycles. The van der Waals surface area contributed by atoms with E-state index < -0.39 is 0 Å². The quantitative estimate of drug-likeness (QED) is 0.799. The molecule has 0 aromatic carbocycles. The van der Waals surface area contributed by atoms with E-state index in [1.165, 1.54) is 12.3 Å². The Morgan fingerprint density at radius 1 is 1.36 bits per heavy atom. The van der Waals surface area contributed by atoms with E-state index in [0.717, 1.165) is 5.56 Å². The van der Waals surface area contributed by atoms with E-state index in [9.17, 15) is 4.39 Å². The molecule has 1 aromatic heterocycles. The van der Waals surface area contributed by atoms with Crippen molar-refractivity contribution in [2.45, 2.75) is 33.4 Å². The molecule has 0 saturated carbocycles. The van der Waals surface area contributed by atoms with E-state index in [1.807, 2.05) is 0 Å². The van der Waals surface area contributed by atoms with Crippen LogP contribution in [0.4, 0.5) is 4.39 Å². The van der Waals surface area contributed by atoms with E-state index >= 15 is 0 Å². The van der Waals surface area contributed by atoms with Gasteiger partial charge in [0.1, 0.15) is 5.82 Å². The van der Waals surface area contributed by atoms with Crippen LogP contribution < -0.4 is 5.32 Å². The largest absolute Gasteiger partial charge is 0.310 e. The average molecular weight is 196 g/mol. The highest BCUT2D eigenvalue weighted by Crippen LogP contribution is 2.04. The Bertz CT molecular complexity index is 286. The van der Waals surface area contributed by atoms with Gasteiger partial charge in [-0.25, -0.2) is 4.39 Å². The summed E-state index contributed by atoms with van der Waals surface area (Å²) >= 11 is 0. The topological polar surface area (TPSA) is 24.9 Å². The standard InChI is InChI=1S/C11H17FN2/c1-8(2)9(3)14-6-10-4-11(12)7-13-5-10/h4-5,7-9,14H,6H2,1-3H3. The molecular formula is C11H17FN2. The van der Waals surface area contributed by atoms with E-state index in [0.29, 0.717) is 18.5 Å². The van der Waals surface area contributed by atoms with E-state index in [2.05, 4.69) is 31.1 Å². The summed E-state index contributed by atoms with van der Waals surface area (Å²) in [4.78, 5) is 3.79. The molecule has 3 heteroatoms. The van der Waals surface area contributed by atoms with E-state index in [-0.39, 0.29) is 5.82 Å². The maximum absolute atomic E-state index is 12.8. The number of rotatable bonds is 4. The van der Waals surface area contributed by atoms with Gasteiger partial charge in [0.2, 0.25) is 0 Å². The predicted octanol–water partition coefficient (Wildman–Crippen LogP) is 2.35. The third kappa shape index (κ3) is 3.42. The Balaban J connectivity index is 2.45. The van der Waals surface area contributed by atoms with Gasteiger partial charge in [-0.2, -0.15) is 0 Å². The lowest BCUT2D eigenvalue weighted by Crippen LogP contribution is -2.30. The van der Waals surface area contributed by atoms with Gasteiger partial charge in [-0.05, 0) is 24.5 Å². The Hall–Kier alpha value is -0.960. The normalized spacial score (nSPS) is 13.2. The highest BCUT2D eigenvalue weighted by Gasteiger charge is 2.05. The molecule has 1 aromatic rings. The third-order valence-corrected chi connectivity index (χ3v) is 2.39. The zero-order chi connectivity index (χ0) is 10.6. The second-order valence-electron chi connectivity index (χ2n) is 3.93. The highest BCUT2D eigenvalue weighted by molar-refractivity contribution is 5.09. The maximum atomic E-state index is 12.8. The maximum Gasteiger partial charge on any atom is 0.141 e. The van der Waals surface area contributed by atoms with Gasteiger partial charge in [-0.15, -0.1) is 0 Å². The van der Waals surface area contributed by atoms with Gasteiger partial charge in [0.05, 0.1) is 6.20 Å². The van der Waals surface area contributed by atoms with Gasteiger partial charge in [0.15, 0.2) is 0 Å². The van der Waals surface area contributed by atoms with Crippen molar-refractivity contribution in [2.24, 2.45) is 5.92 Å². The van der Waals surface area contributed by atoms with Crippen LogP contribution in [0, 0.1) is 11.7 Å². The summed E-state index contributed by atoms with van der Waals surface area (Å²) in [5.74, 6) is 0.304. The van der Waals surface area contributed by atoms with Crippen LogP contribution in [0.3, 0.4) is 0 Å². The minimum Gasteiger partial charge on any atom is -0.310 e. The lowest BCUT2D eigenvalue weighted by molar-refractivity contribution is 0.425. The smallest absolute Gasteiger partial charge is 0.141 e. The van der Waals surface area contributed by atoms with Crippen molar-refractivity contribution in [1.82, 2.24) is 10.3 Å². The molecule has 0 saturated heterocycles. The Morgan fingerprint density at radius 3 is 2.64 bits per heavy atom. The predicted molar refractivity (Wildman–Crippen MR) is 55.3 cm³/mol. The minimum atomic E-state index is -0.276. The molecule has 0 aliphatic rings. The summed E-state index contributed by atoms with van der Waals surface area (Å²) in [6.45, 7) is 7.10. The van der Waals surface area contributed by atoms with E-state index in [1.54, 1.807) is 6.20 Å². The van der Waals surface area contributed by atoms with Crippen LogP contribution in [0.25, 0.3) is 0 Å². The molecule has 0 bridgehead atoms. The molecule has 0 radical (unpaired) electrons. The Kier molecular flexibility index (Phi) is 4.01. The van der Waals surface area contributed by atoms with Gasteiger partial charge >= 0.3 is 0 Å². The second kappa shape index (κ2) is 5.05. The molecule has 1 heterocycles. The van der Waals surface area contributed by atoms with Gasteiger partial charge in [-0.1, -0.05) is 13.8 Å².